The van der Waals surface area contributed by atoms with Gasteiger partial charge >= 0.3 is 0 Å². The summed E-state index contributed by atoms with van der Waals surface area (Å²) in [6.07, 6.45) is 2.86. The van der Waals surface area contributed by atoms with Gasteiger partial charge in [-0.2, -0.15) is 5.26 Å². The molecule has 0 unspecified atom stereocenters. The molecule has 2 rings (SSSR count). The van der Waals surface area contributed by atoms with Crippen molar-refractivity contribution in [1.82, 2.24) is 4.98 Å². The minimum absolute atomic E-state index is 0.249. The summed E-state index contributed by atoms with van der Waals surface area (Å²) < 4.78 is 5.01. The lowest BCUT2D eigenvalue weighted by atomic mass is 10.3. The zero-order valence-corrected chi connectivity index (χ0v) is 9.12. The Bertz CT molecular complexity index is 552. The lowest BCUT2D eigenvalue weighted by Gasteiger charge is -2.14. The van der Waals surface area contributed by atoms with Gasteiger partial charge in [-0.15, -0.1) is 0 Å². The Hall–Kier alpha value is -2.61. The molecule has 1 amide bonds. The number of pyridine rings is 1. The van der Waals surface area contributed by atoms with Crippen LogP contribution in [0.3, 0.4) is 0 Å². The van der Waals surface area contributed by atoms with Crippen LogP contribution in [0.1, 0.15) is 16.1 Å². The van der Waals surface area contributed by atoms with Crippen LogP contribution in [0.2, 0.25) is 0 Å². The summed E-state index contributed by atoms with van der Waals surface area (Å²) in [6, 6.07) is 8.41. The normalized spacial score (nSPS) is 9.65. The monoisotopic (exact) mass is 227 g/mol. The van der Waals surface area contributed by atoms with E-state index < -0.39 is 0 Å². The summed E-state index contributed by atoms with van der Waals surface area (Å²) in [5.41, 5.74) is 0.451. The third-order valence-electron chi connectivity index (χ3n) is 2.26. The molecule has 5 nitrogen and oxygen atoms in total. The molecular weight excluding hydrogens is 218 g/mol. The number of hydrogen-bond acceptors (Lipinski definition) is 4. The second kappa shape index (κ2) is 4.49. The highest BCUT2D eigenvalue weighted by atomic mass is 16.3. The molecule has 5 heteroatoms. The van der Waals surface area contributed by atoms with Gasteiger partial charge in [-0.25, -0.2) is 4.98 Å². The quantitative estimate of drug-likeness (QED) is 0.784. The molecule has 2 heterocycles. The van der Waals surface area contributed by atoms with E-state index in [0.717, 1.165) is 0 Å². The maximum atomic E-state index is 11.9. The predicted octanol–water partition coefficient (Wildman–Crippen LogP) is 1.82. The van der Waals surface area contributed by atoms with Gasteiger partial charge in [0.15, 0.2) is 5.76 Å². The van der Waals surface area contributed by atoms with Crippen molar-refractivity contribution in [2.75, 3.05) is 11.9 Å². The van der Waals surface area contributed by atoms with Crippen molar-refractivity contribution in [1.29, 1.82) is 5.26 Å². The fourth-order valence-electron chi connectivity index (χ4n) is 1.32. The first-order chi connectivity index (χ1) is 8.22. The Balaban J connectivity index is 2.22. The predicted molar refractivity (Wildman–Crippen MR) is 60.4 cm³/mol. The van der Waals surface area contributed by atoms with Crippen LogP contribution in [0, 0.1) is 11.3 Å². The second-order valence-electron chi connectivity index (χ2n) is 3.36. The summed E-state index contributed by atoms with van der Waals surface area (Å²) in [5.74, 6) is 0.427. The molecule has 17 heavy (non-hydrogen) atoms. The third-order valence-corrected chi connectivity index (χ3v) is 2.26. The number of aromatic nitrogens is 1. The molecule has 2 aromatic rings. The number of amides is 1. The van der Waals surface area contributed by atoms with E-state index in [9.17, 15) is 4.79 Å². The molecule has 84 valence electrons. The minimum atomic E-state index is -0.285. The maximum Gasteiger partial charge on any atom is 0.294 e. The van der Waals surface area contributed by atoms with E-state index >= 15 is 0 Å². The van der Waals surface area contributed by atoms with Gasteiger partial charge in [-0.3, -0.25) is 9.69 Å². The first-order valence-electron chi connectivity index (χ1n) is 4.90. The van der Waals surface area contributed by atoms with E-state index in [4.69, 9.17) is 9.68 Å². The number of hydrogen-bond donors (Lipinski definition) is 0. The molecule has 0 bridgehead atoms. The van der Waals surface area contributed by atoms with Crippen molar-refractivity contribution >= 4 is 11.7 Å². The fraction of sp³-hybridized carbons (Fsp3) is 0.0833. The third kappa shape index (κ3) is 2.16. The average molecular weight is 227 g/mol. The fourth-order valence-corrected chi connectivity index (χ4v) is 1.32. The van der Waals surface area contributed by atoms with Gasteiger partial charge in [-0.05, 0) is 24.3 Å². The lowest BCUT2D eigenvalue weighted by Crippen LogP contribution is -2.26. The molecule has 0 aliphatic rings. The number of anilines is 1. The van der Waals surface area contributed by atoms with Crippen LogP contribution < -0.4 is 4.90 Å². The highest BCUT2D eigenvalue weighted by molar-refractivity contribution is 6.03. The number of nitriles is 1. The topological polar surface area (TPSA) is 70.1 Å². The van der Waals surface area contributed by atoms with E-state index in [0.29, 0.717) is 11.4 Å². The molecule has 0 saturated carbocycles. The SMILES string of the molecule is CN(C(=O)c1ccco1)c1ccc(C#N)cn1. The molecule has 0 aliphatic heterocycles. The Labute approximate surface area is 97.9 Å². The second-order valence-corrected chi connectivity index (χ2v) is 3.36. The minimum Gasteiger partial charge on any atom is -0.459 e. The zero-order valence-electron chi connectivity index (χ0n) is 9.12. The lowest BCUT2D eigenvalue weighted by molar-refractivity contribution is 0.0966. The van der Waals surface area contributed by atoms with E-state index in [1.165, 1.54) is 17.4 Å². The smallest absolute Gasteiger partial charge is 0.294 e. The van der Waals surface area contributed by atoms with Crippen LogP contribution in [0.5, 0.6) is 0 Å². The Kier molecular flexibility index (Phi) is 2.88. The number of nitrogens with zero attached hydrogens (tertiary/aromatic N) is 3. The van der Waals surface area contributed by atoms with Gasteiger partial charge in [0.05, 0.1) is 11.8 Å². The highest BCUT2D eigenvalue weighted by Gasteiger charge is 2.16. The first kappa shape index (κ1) is 10.9. The molecule has 0 fully saturated rings. The molecular formula is C12H9N3O2. The van der Waals surface area contributed by atoms with Crippen molar-refractivity contribution in [3.63, 3.8) is 0 Å². The standard InChI is InChI=1S/C12H9N3O2/c1-15(12(16)10-3-2-6-17-10)11-5-4-9(7-13)8-14-11/h2-6,8H,1H3. The molecule has 0 aromatic carbocycles. The van der Waals surface area contributed by atoms with E-state index in [-0.39, 0.29) is 11.7 Å². The molecule has 0 atom stereocenters. The number of furan rings is 1. The summed E-state index contributed by atoms with van der Waals surface area (Å²) in [4.78, 5) is 17.3. The Morgan fingerprint density at radius 1 is 1.47 bits per heavy atom. The van der Waals surface area contributed by atoms with Gasteiger partial charge in [0.25, 0.3) is 5.91 Å². The van der Waals surface area contributed by atoms with Crippen molar-refractivity contribution in [2.45, 2.75) is 0 Å². The van der Waals surface area contributed by atoms with Crippen LogP contribution >= 0.6 is 0 Å². The summed E-state index contributed by atoms with van der Waals surface area (Å²) in [7, 11) is 1.60. The van der Waals surface area contributed by atoms with Gasteiger partial charge in [0.1, 0.15) is 11.9 Å². The van der Waals surface area contributed by atoms with E-state index in [1.807, 2.05) is 6.07 Å². The summed E-state index contributed by atoms with van der Waals surface area (Å²) >= 11 is 0. The van der Waals surface area contributed by atoms with Crippen molar-refractivity contribution in [3.8, 4) is 6.07 Å². The molecule has 0 spiro atoms. The zero-order chi connectivity index (χ0) is 12.3. The van der Waals surface area contributed by atoms with Crippen LogP contribution in [0.4, 0.5) is 5.82 Å². The maximum absolute atomic E-state index is 11.9. The summed E-state index contributed by atoms with van der Waals surface area (Å²) in [6.45, 7) is 0. The van der Waals surface area contributed by atoms with Gasteiger partial charge in [-0.1, -0.05) is 0 Å². The van der Waals surface area contributed by atoms with Crippen LogP contribution in [-0.4, -0.2) is 17.9 Å². The molecule has 0 radical (unpaired) electrons. The number of carbonyl (C=O) groups is 1. The van der Waals surface area contributed by atoms with Gasteiger partial charge < -0.3 is 4.42 Å². The molecule has 0 aliphatic carbocycles. The van der Waals surface area contributed by atoms with E-state index in [2.05, 4.69) is 4.98 Å². The Morgan fingerprint density at radius 2 is 2.29 bits per heavy atom. The summed E-state index contributed by atoms with van der Waals surface area (Å²) in [5, 5.41) is 8.64. The molecule has 0 saturated heterocycles. The van der Waals surface area contributed by atoms with Crippen molar-refractivity contribution in [2.24, 2.45) is 0 Å². The van der Waals surface area contributed by atoms with E-state index in [1.54, 1.807) is 31.3 Å². The first-order valence-corrected chi connectivity index (χ1v) is 4.90. The molecule has 2 aromatic heterocycles. The molecule has 0 N–H and O–H groups in total. The number of rotatable bonds is 2. The van der Waals surface area contributed by atoms with Gasteiger partial charge in [0.2, 0.25) is 0 Å². The Morgan fingerprint density at radius 3 is 2.82 bits per heavy atom. The van der Waals surface area contributed by atoms with Crippen molar-refractivity contribution in [3.05, 3.63) is 48.0 Å². The van der Waals surface area contributed by atoms with Gasteiger partial charge in [0, 0.05) is 13.2 Å². The average Bonchev–Trinajstić information content (AvgIpc) is 2.91. The number of carbonyl (C=O) groups excluding carboxylic acids is 1. The largest absolute Gasteiger partial charge is 0.459 e. The van der Waals surface area contributed by atoms with Crippen LogP contribution in [-0.2, 0) is 0 Å². The highest BCUT2D eigenvalue weighted by Crippen LogP contribution is 2.13. The van der Waals surface area contributed by atoms with Crippen LogP contribution in [0.25, 0.3) is 0 Å². The van der Waals surface area contributed by atoms with Crippen LogP contribution in [0.15, 0.2) is 41.1 Å². The van der Waals surface area contributed by atoms with Crippen molar-refractivity contribution < 1.29 is 9.21 Å².